The zero-order valence-corrected chi connectivity index (χ0v) is 11.0. The van der Waals surface area contributed by atoms with Crippen molar-refractivity contribution >= 4 is 17.6 Å². The number of carbonyl (C=O) groups excluding carboxylic acids is 1. The summed E-state index contributed by atoms with van der Waals surface area (Å²) in [5, 5.41) is 11.5. The number of rotatable bonds is 3. The van der Waals surface area contributed by atoms with Crippen molar-refractivity contribution < 1.29 is 19.1 Å². The topological polar surface area (TPSA) is 66.4 Å². The lowest BCUT2D eigenvalue weighted by Crippen LogP contribution is -2.18. The molecule has 1 aliphatic rings. The normalized spacial score (nSPS) is 23.8. The van der Waals surface area contributed by atoms with Crippen LogP contribution < -0.4 is 5.32 Å². The molecular formula is C14H16FNO3. The van der Waals surface area contributed by atoms with E-state index in [-0.39, 0.29) is 5.69 Å². The van der Waals surface area contributed by atoms with Gasteiger partial charge in [0.1, 0.15) is 5.82 Å². The van der Waals surface area contributed by atoms with Gasteiger partial charge in [-0.05, 0) is 30.0 Å². The van der Waals surface area contributed by atoms with Gasteiger partial charge in [0.05, 0.1) is 17.5 Å². The van der Waals surface area contributed by atoms with E-state index in [1.54, 1.807) is 26.8 Å². The lowest BCUT2D eigenvalue weighted by atomic mass is 10.1. The summed E-state index contributed by atoms with van der Waals surface area (Å²) in [6.07, 6.45) is 0. The third kappa shape index (κ3) is 2.32. The average molecular weight is 265 g/mol. The van der Waals surface area contributed by atoms with E-state index in [4.69, 9.17) is 5.11 Å². The number of hydrogen-bond acceptors (Lipinski definition) is 2. The van der Waals surface area contributed by atoms with Crippen LogP contribution >= 0.6 is 0 Å². The van der Waals surface area contributed by atoms with Crippen LogP contribution in [0.3, 0.4) is 0 Å². The molecule has 0 heterocycles. The number of carboxylic acid groups (broad SMARTS) is 1. The van der Waals surface area contributed by atoms with E-state index in [9.17, 15) is 14.0 Å². The Labute approximate surface area is 110 Å². The summed E-state index contributed by atoms with van der Waals surface area (Å²) in [4.78, 5) is 23.0. The second kappa shape index (κ2) is 4.33. The first-order chi connectivity index (χ1) is 8.75. The van der Waals surface area contributed by atoms with Gasteiger partial charge in [-0.25, -0.2) is 4.39 Å². The van der Waals surface area contributed by atoms with Crippen molar-refractivity contribution in [1.29, 1.82) is 0 Å². The Balaban J connectivity index is 2.13. The van der Waals surface area contributed by atoms with Crippen molar-refractivity contribution in [3.05, 3.63) is 29.6 Å². The van der Waals surface area contributed by atoms with Crippen LogP contribution in [-0.2, 0) is 9.59 Å². The highest BCUT2D eigenvalue weighted by molar-refractivity contribution is 5.99. The fraction of sp³-hybridized carbons (Fsp3) is 0.429. The smallest absolute Gasteiger partial charge is 0.307 e. The third-order valence-electron chi connectivity index (χ3n) is 3.76. The van der Waals surface area contributed by atoms with Crippen molar-refractivity contribution in [3.63, 3.8) is 0 Å². The van der Waals surface area contributed by atoms with E-state index in [0.717, 1.165) is 5.56 Å². The summed E-state index contributed by atoms with van der Waals surface area (Å²) in [6.45, 7) is 5.20. The van der Waals surface area contributed by atoms with Gasteiger partial charge in [-0.2, -0.15) is 0 Å². The molecular weight excluding hydrogens is 249 g/mol. The summed E-state index contributed by atoms with van der Waals surface area (Å²) >= 11 is 0. The number of hydrogen-bond donors (Lipinski definition) is 2. The second-order valence-corrected chi connectivity index (χ2v) is 5.59. The van der Waals surface area contributed by atoms with Gasteiger partial charge in [-0.1, -0.05) is 19.9 Å². The highest BCUT2D eigenvalue weighted by Gasteiger charge is 2.65. The Hall–Kier alpha value is -1.91. The monoisotopic (exact) mass is 265 g/mol. The highest BCUT2D eigenvalue weighted by atomic mass is 19.1. The Kier molecular flexibility index (Phi) is 3.08. The standard InChI is InChI=1S/C14H16FNO3/c1-7-4-5-9(8(15)6-7)16-12(17)10-11(13(18)19)14(10,2)3/h4-6,10-11H,1-3H3,(H,16,17)(H,18,19)/t10-,11+/m0/s1. The van der Waals surface area contributed by atoms with Crippen LogP contribution in [0.4, 0.5) is 10.1 Å². The number of aliphatic carboxylic acids is 1. The minimum absolute atomic E-state index is 0.0856. The molecule has 1 aromatic carbocycles. The Morgan fingerprint density at radius 2 is 1.95 bits per heavy atom. The molecule has 0 aromatic heterocycles. The summed E-state index contributed by atoms with van der Waals surface area (Å²) < 4.78 is 13.6. The van der Waals surface area contributed by atoms with Crippen molar-refractivity contribution in [1.82, 2.24) is 0 Å². The molecule has 19 heavy (non-hydrogen) atoms. The van der Waals surface area contributed by atoms with E-state index >= 15 is 0 Å². The van der Waals surface area contributed by atoms with Gasteiger partial charge in [-0.3, -0.25) is 9.59 Å². The molecule has 0 saturated heterocycles. The first-order valence-electron chi connectivity index (χ1n) is 6.05. The number of carbonyl (C=O) groups is 2. The summed E-state index contributed by atoms with van der Waals surface area (Å²) in [6, 6.07) is 4.49. The molecule has 0 radical (unpaired) electrons. The van der Waals surface area contributed by atoms with Gasteiger partial charge >= 0.3 is 5.97 Å². The molecule has 2 rings (SSSR count). The van der Waals surface area contributed by atoms with Crippen LogP contribution in [0.2, 0.25) is 0 Å². The first kappa shape index (κ1) is 13.5. The maximum absolute atomic E-state index is 13.6. The summed E-state index contributed by atoms with van der Waals surface area (Å²) in [5.41, 5.74) is 0.255. The number of anilines is 1. The molecule has 4 nitrogen and oxygen atoms in total. The van der Waals surface area contributed by atoms with Crippen molar-refractivity contribution in [2.75, 3.05) is 5.32 Å². The average Bonchev–Trinajstić information content (AvgIpc) is 2.86. The second-order valence-electron chi connectivity index (χ2n) is 5.59. The minimum atomic E-state index is -0.991. The Morgan fingerprint density at radius 1 is 1.32 bits per heavy atom. The van der Waals surface area contributed by atoms with Gasteiger partial charge < -0.3 is 10.4 Å². The van der Waals surface area contributed by atoms with E-state index < -0.39 is 34.9 Å². The molecule has 102 valence electrons. The van der Waals surface area contributed by atoms with E-state index in [1.807, 2.05) is 0 Å². The lowest BCUT2D eigenvalue weighted by molar-refractivity contribution is -0.140. The number of benzene rings is 1. The third-order valence-corrected chi connectivity index (χ3v) is 3.76. The fourth-order valence-electron chi connectivity index (χ4n) is 2.52. The quantitative estimate of drug-likeness (QED) is 0.882. The zero-order chi connectivity index (χ0) is 14.4. The SMILES string of the molecule is Cc1ccc(NC(=O)[C@@H]2[C@H](C(=O)O)C2(C)C)c(F)c1. The maximum atomic E-state index is 13.6. The number of halogens is 1. The molecule has 0 aliphatic heterocycles. The van der Waals surface area contributed by atoms with Crippen LogP contribution in [0.25, 0.3) is 0 Å². The van der Waals surface area contributed by atoms with Gasteiger partial charge in [0.25, 0.3) is 0 Å². The first-order valence-corrected chi connectivity index (χ1v) is 6.05. The predicted octanol–water partition coefficient (Wildman–Crippen LogP) is 2.43. The fourth-order valence-corrected chi connectivity index (χ4v) is 2.52. The molecule has 1 fully saturated rings. The maximum Gasteiger partial charge on any atom is 0.307 e. The number of nitrogens with one attached hydrogen (secondary N) is 1. The van der Waals surface area contributed by atoms with Crippen molar-refractivity contribution in [2.24, 2.45) is 17.3 Å². The molecule has 0 unspecified atom stereocenters. The van der Waals surface area contributed by atoms with Crippen LogP contribution in [0.5, 0.6) is 0 Å². The number of carboxylic acids is 1. The molecule has 1 aromatic rings. The molecule has 0 bridgehead atoms. The van der Waals surface area contributed by atoms with Crippen LogP contribution in [0.15, 0.2) is 18.2 Å². The predicted molar refractivity (Wildman–Crippen MR) is 68.2 cm³/mol. The summed E-state index contributed by atoms with van der Waals surface area (Å²) in [5.74, 6) is -3.28. The van der Waals surface area contributed by atoms with Gasteiger partial charge in [0.15, 0.2) is 0 Å². The van der Waals surface area contributed by atoms with Crippen LogP contribution in [0, 0.1) is 30.0 Å². The Bertz CT molecular complexity index is 554. The minimum Gasteiger partial charge on any atom is -0.481 e. The molecule has 2 N–H and O–H groups in total. The van der Waals surface area contributed by atoms with Crippen LogP contribution in [-0.4, -0.2) is 17.0 Å². The van der Waals surface area contributed by atoms with Crippen molar-refractivity contribution in [2.45, 2.75) is 20.8 Å². The number of amides is 1. The van der Waals surface area contributed by atoms with Gasteiger partial charge in [-0.15, -0.1) is 0 Å². The zero-order valence-electron chi connectivity index (χ0n) is 11.0. The molecule has 2 atom stereocenters. The number of aryl methyl sites for hydroxylation is 1. The lowest BCUT2D eigenvalue weighted by Gasteiger charge is -2.07. The molecule has 1 aliphatic carbocycles. The molecule has 5 heteroatoms. The summed E-state index contributed by atoms with van der Waals surface area (Å²) in [7, 11) is 0. The largest absolute Gasteiger partial charge is 0.481 e. The Morgan fingerprint density at radius 3 is 2.42 bits per heavy atom. The molecule has 1 saturated carbocycles. The molecule has 1 amide bonds. The molecule has 0 spiro atoms. The van der Waals surface area contributed by atoms with E-state index in [1.165, 1.54) is 12.1 Å². The van der Waals surface area contributed by atoms with E-state index in [0.29, 0.717) is 0 Å². The van der Waals surface area contributed by atoms with Gasteiger partial charge in [0, 0.05) is 0 Å². The highest BCUT2D eigenvalue weighted by Crippen LogP contribution is 2.58. The van der Waals surface area contributed by atoms with Crippen LogP contribution in [0.1, 0.15) is 19.4 Å². The van der Waals surface area contributed by atoms with Crippen molar-refractivity contribution in [3.8, 4) is 0 Å². The van der Waals surface area contributed by atoms with Gasteiger partial charge in [0.2, 0.25) is 5.91 Å². The van der Waals surface area contributed by atoms with E-state index in [2.05, 4.69) is 5.32 Å².